The van der Waals surface area contributed by atoms with Crippen molar-refractivity contribution < 1.29 is 18.8 Å². The van der Waals surface area contributed by atoms with Crippen LogP contribution >= 0.6 is 0 Å². The average Bonchev–Trinajstić information content (AvgIpc) is 3.21. The molecule has 0 aliphatic carbocycles. The molecule has 29 heavy (non-hydrogen) atoms. The normalized spacial score (nSPS) is 10.1. The molecule has 148 valence electrons. The lowest BCUT2D eigenvalue weighted by Crippen LogP contribution is -2.28. The maximum Gasteiger partial charge on any atom is 0.319 e. The predicted octanol–water partition coefficient (Wildman–Crippen LogP) is 3.81. The number of hydrogen-bond donors (Lipinski definition) is 4. The summed E-state index contributed by atoms with van der Waals surface area (Å²) in [7, 11) is 0. The highest BCUT2D eigenvalue weighted by Gasteiger charge is 2.09. The first-order valence-electron chi connectivity index (χ1n) is 8.86. The van der Waals surface area contributed by atoms with Gasteiger partial charge in [-0.2, -0.15) is 0 Å². The van der Waals surface area contributed by atoms with Crippen LogP contribution in [0.3, 0.4) is 0 Å². The molecule has 3 rings (SSSR count). The number of furan rings is 1. The molecular weight excluding hydrogens is 372 g/mol. The van der Waals surface area contributed by atoms with E-state index in [0.29, 0.717) is 17.1 Å². The van der Waals surface area contributed by atoms with Gasteiger partial charge in [0.05, 0.1) is 6.26 Å². The minimum Gasteiger partial charge on any atom is -0.459 e. The van der Waals surface area contributed by atoms with Crippen molar-refractivity contribution in [3.8, 4) is 0 Å². The lowest BCUT2D eigenvalue weighted by molar-refractivity contribution is -0.114. The maximum absolute atomic E-state index is 12.1. The first kappa shape index (κ1) is 19.7. The molecule has 0 fully saturated rings. The summed E-state index contributed by atoms with van der Waals surface area (Å²) in [6, 6.07) is 16.8. The fraction of sp³-hybridized carbons (Fsp3) is 0.0952. The van der Waals surface area contributed by atoms with E-state index in [1.54, 1.807) is 54.6 Å². The molecule has 0 aliphatic heterocycles. The molecule has 0 saturated heterocycles. The third kappa shape index (κ3) is 5.96. The molecule has 1 heterocycles. The second-order valence-electron chi connectivity index (χ2n) is 6.20. The van der Waals surface area contributed by atoms with E-state index in [9.17, 15) is 14.4 Å². The van der Waals surface area contributed by atoms with Crippen LogP contribution in [0.2, 0.25) is 0 Å². The van der Waals surface area contributed by atoms with Gasteiger partial charge in [-0.1, -0.05) is 18.2 Å². The Morgan fingerprint density at radius 1 is 0.828 bits per heavy atom. The van der Waals surface area contributed by atoms with Crippen LogP contribution in [0.25, 0.3) is 0 Å². The molecule has 0 atom stereocenters. The van der Waals surface area contributed by atoms with Crippen LogP contribution in [0.15, 0.2) is 71.3 Å². The molecule has 0 unspecified atom stereocenters. The number of nitrogens with one attached hydrogen (secondary N) is 4. The molecular formula is C21H20N4O4. The third-order valence-corrected chi connectivity index (χ3v) is 3.82. The van der Waals surface area contributed by atoms with Gasteiger partial charge in [0.15, 0.2) is 5.76 Å². The SMILES string of the molecule is CC(=O)Nc1cccc(NC(=O)NCc2cccc(NC(=O)c3ccco3)c2)c1. The first-order valence-corrected chi connectivity index (χ1v) is 8.86. The van der Waals surface area contributed by atoms with Crippen molar-refractivity contribution in [1.29, 1.82) is 0 Å². The molecule has 0 saturated carbocycles. The highest BCUT2D eigenvalue weighted by atomic mass is 16.3. The average molecular weight is 392 g/mol. The van der Waals surface area contributed by atoms with Gasteiger partial charge in [0, 0.05) is 30.5 Å². The van der Waals surface area contributed by atoms with Gasteiger partial charge in [-0.05, 0) is 48.0 Å². The Balaban J connectivity index is 1.54. The zero-order chi connectivity index (χ0) is 20.6. The summed E-state index contributed by atoms with van der Waals surface area (Å²) in [6.07, 6.45) is 1.43. The maximum atomic E-state index is 12.1. The molecule has 0 aliphatic rings. The number of urea groups is 1. The summed E-state index contributed by atoms with van der Waals surface area (Å²) < 4.78 is 5.06. The quantitative estimate of drug-likeness (QED) is 0.511. The first-order chi connectivity index (χ1) is 14.0. The predicted molar refractivity (Wildman–Crippen MR) is 110 cm³/mol. The van der Waals surface area contributed by atoms with Crippen LogP contribution in [0.4, 0.5) is 21.9 Å². The number of carbonyl (C=O) groups excluding carboxylic acids is 3. The Morgan fingerprint density at radius 3 is 2.21 bits per heavy atom. The Morgan fingerprint density at radius 2 is 1.52 bits per heavy atom. The molecule has 4 amide bonds. The lowest BCUT2D eigenvalue weighted by Gasteiger charge is -2.10. The van der Waals surface area contributed by atoms with E-state index in [1.165, 1.54) is 13.2 Å². The topological polar surface area (TPSA) is 112 Å². The summed E-state index contributed by atoms with van der Waals surface area (Å²) in [5, 5.41) is 10.8. The monoisotopic (exact) mass is 392 g/mol. The highest BCUT2D eigenvalue weighted by molar-refractivity contribution is 6.02. The van der Waals surface area contributed by atoms with Crippen molar-refractivity contribution in [2.75, 3.05) is 16.0 Å². The van der Waals surface area contributed by atoms with Crippen LogP contribution in [0.5, 0.6) is 0 Å². The second kappa shape index (κ2) is 9.23. The molecule has 4 N–H and O–H groups in total. The Labute approximate surface area is 167 Å². The summed E-state index contributed by atoms with van der Waals surface area (Å²) in [6.45, 7) is 1.68. The molecule has 1 aromatic heterocycles. The number of benzene rings is 2. The molecule has 3 aromatic rings. The van der Waals surface area contributed by atoms with E-state index < -0.39 is 6.03 Å². The van der Waals surface area contributed by atoms with Gasteiger partial charge in [0.1, 0.15) is 0 Å². The zero-order valence-corrected chi connectivity index (χ0v) is 15.7. The van der Waals surface area contributed by atoms with Crippen molar-refractivity contribution in [2.24, 2.45) is 0 Å². The van der Waals surface area contributed by atoms with Crippen molar-refractivity contribution in [2.45, 2.75) is 13.5 Å². The van der Waals surface area contributed by atoms with Gasteiger partial charge >= 0.3 is 6.03 Å². The third-order valence-electron chi connectivity index (χ3n) is 3.82. The minimum absolute atomic E-state index is 0.189. The smallest absolute Gasteiger partial charge is 0.319 e. The lowest BCUT2D eigenvalue weighted by atomic mass is 10.2. The molecule has 0 radical (unpaired) electrons. The number of amides is 4. The minimum atomic E-state index is -0.394. The van der Waals surface area contributed by atoms with Crippen molar-refractivity contribution in [1.82, 2.24) is 5.32 Å². The van der Waals surface area contributed by atoms with Crippen LogP contribution < -0.4 is 21.3 Å². The summed E-state index contributed by atoms with van der Waals surface area (Å²) >= 11 is 0. The zero-order valence-electron chi connectivity index (χ0n) is 15.7. The van der Waals surface area contributed by atoms with Crippen LogP contribution in [0.1, 0.15) is 23.0 Å². The molecule has 8 heteroatoms. The Kier molecular flexibility index (Phi) is 6.26. The number of anilines is 3. The summed E-state index contributed by atoms with van der Waals surface area (Å²) in [5.74, 6) is -0.322. The van der Waals surface area contributed by atoms with Gasteiger partial charge in [0.2, 0.25) is 5.91 Å². The largest absolute Gasteiger partial charge is 0.459 e. The molecule has 2 aromatic carbocycles. The van der Waals surface area contributed by atoms with Gasteiger partial charge < -0.3 is 25.7 Å². The van der Waals surface area contributed by atoms with Gasteiger partial charge in [-0.3, -0.25) is 9.59 Å². The highest BCUT2D eigenvalue weighted by Crippen LogP contribution is 2.15. The Bertz CT molecular complexity index is 1020. The van der Waals surface area contributed by atoms with Crippen molar-refractivity contribution in [3.05, 3.63) is 78.3 Å². The van der Waals surface area contributed by atoms with Gasteiger partial charge in [-0.25, -0.2) is 4.79 Å². The second-order valence-corrected chi connectivity index (χ2v) is 6.20. The fourth-order valence-corrected chi connectivity index (χ4v) is 2.60. The summed E-state index contributed by atoms with van der Waals surface area (Å²) in [4.78, 5) is 35.3. The molecule has 0 bridgehead atoms. The Hall–Kier alpha value is -4.07. The van der Waals surface area contributed by atoms with Crippen LogP contribution in [-0.2, 0) is 11.3 Å². The van der Waals surface area contributed by atoms with Crippen molar-refractivity contribution in [3.63, 3.8) is 0 Å². The standard InChI is InChI=1S/C21H20N4O4/c1-14(26)23-17-7-3-8-18(12-17)25-21(28)22-13-15-5-2-6-16(11-15)24-20(27)19-9-4-10-29-19/h2-12H,13H2,1H3,(H,23,26)(H,24,27)(H2,22,25,28). The van der Waals surface area contributed by atoms with Gasteiger partial charge in [0.25, 0.3) is 5.91 Å². The van der Waals surface area contributed by atoms with Crippen LogP contribution in [-0.4, -0.2) is 17.8 Å². The van der Waals surface area contributed by atoms with E-state index in [-0.39, 0.29) is 24.1 Å². The fourth-order valence-electron chi connectivity index (χ4n) is 2.60. The van der Waals surface area contributed by atoms with E-state index >= 15 is 0 Å². The molecule has 8 nitrogen and oxygen atoms in total. The van der Waals surface area contributed by atoms with E-state index in [0.717, 1.165) is 5.56 Å². The van der Waals surface area contributed by atoms with Crippen molar-refractivity contribution >= 4 is 34.9 Å². The van der Waals surface area contributed by atoms with E-state index in [1.807, 2.05) is 6.07 Å². The van der Waals surface area contributed by atoms with Crippen LogP contribution in [0, 0.1) is 0 Å². The number of rotatable bonds is 6. The number of hydrogen-bond acceptors (Lipinski definition) is 4. The molecule has 0 spiro atoms. The summed E-state index contributed by atoms with van der Waals surface area (Å²) in [5.41, 5.74) is 2.54. The van der Waals surface area contributed by atoms with E-state index in [2.05, 4.69) is 21.3 Å². The van der Waals surface area contributed by atoms with Gasteiger partial charge in [-0.15, -0.1) is 0 Å². The van der Waals surface area contributed by atoms with E-state index in [4.69, 9.17) is 4.42 Å². The number of carbonyl (C=O) groups is 3.